The zero-order valence-corrected chi connectivity index (χ0v) is 17.6. The summed E-state index contributed by atoms with van der Waals surface area (Å²) in [7, 11) is 0. The molecule has 0 heterocycles. The molecule has 0 bridgehead atoms. The third-order valence-electron chi connectivity index (χ3n) is 5.13. The summed E-state index contributed by atoms with van der Waals surface area (Å²) < 4.78 is 5.60. The molecule has 0 radical (unpaired) electrons. The van der Waals surface area contributed by atoms with Crippen molar-refractivity contribution in [2.24, 2.45) is 0 Å². The van der Waals surface area contributed by atoms with Crippen molar-refractivity contribution in [3.63, 3.8) is 0 Å². The number of nitrogens with one attached hydrogen (secondary N) is 3. The van der Waals surface area contributed by atoms with Crippen LogP contribution in [0.15, 0.2) is 48.5 Å². The number of rotatable bonds is 9. The highest BCUT2D eigenvalue weighted by molar-refractivity contribution is 5.96. The summed E-state index contributed by atoms with van der Waals surface area (Å²) in [5, 5.41) is 9.05. The van der Waals surface area contributed by atoms with Gasteiger partial charge in [0.2, 0.25) is 5.91 Å². The second-order valence-corrected chi connectivity index (χ2v) is 7.66. The molecule has 1 aliphatic rings. The molecule has 160 valence electrons. The fraction of sp³-hybridized carbons (Fsp3) is 0.417. The molecule has 2 amide bonds. The van der Waals surface area contributed by atoms with Crippen molar-refractivity contribution in [2.45, 2.75) is 51.5 Å². The number of anilines is 2. The van der Waals surface area contributed by atoms with Crippen molar-refractivity contribution in [3.05, 3.63) is 54.1 Å². The van der Waals surface area contributed by atoms with Crippen molar-refractivity contribution >= 4 is 23.2 Å². The van der Waals surface area contributed by atoms with Crippen molar-refractivity contribution in [1.29, 1.82) is 0 Å². The molecule has 1 aliphatic carbocycles. The molecule has 1 fully saturated rings. The quantitative estimate of drug-likeness (QED) is 0.566. The topological polar surface area (TPSA) is 79.5 Å². The van der Waals surface area contributed by atoms with Crippen molar-refractivity contribution in [3.8, 4) is 5.75 Å². The van der Waals surface area contributed by atoms with Crippen LogP contribution in [0.1, 0.15) is 55.8 Å². The molecule has 3 rings (SSSR count). The van der Waals surface area contributed by atoms with Gasteiger partial charge >= 0.3 is 0 Å². The molecule has 0 atom stereocenters. The van der Waals surface area contributed by atoms with Gasteiger partial charge in [-0.25, -0.2) is 0 Å². The highest BCUT2D eigenvalue weighted by atomic mass is 16.5. The normalized spacial score (nSPS) is 14.0. The average molecular weight is 410 g/mol. The molecule has 0 spiro atoms. The van der Waals surface area contributed by atoms with Gasteiger partial charge in [0.05, 0.1) is 13.2 Å². The number of hydrogen-bond acceptors (Lipinski definition) is 4. The third kappa shape index (κ3) is 6.79. The molecule has 6 heteroatoms. The van der Waals surface area contributed by atoms with Gasteiger partial charge in [-0.3, -0.25) is 9.59 Å². The van der Waals surface area contributed by atoms with E-state index in [4.69, 9.17) is 4.74 Å². The number of benzene rings is 2. The Bertz CT molecular complexity index is 830. The van der Waals surface area contributed by atoms with Gasteiger partial charge in [-0.2, -0.15) is 0 Å². The number of amides is 2. The molecule has 6 nitrogen and oxygen atoms in total. The van der Waals surface area contributed by atoms with Gasteiger partial charge in [0.25, 0.3) is 5.91 Å². The van der Waals surface area contributed by atoms with Gasteiger partial charge in [0.15, 0.2) is 0 Å². The molecule has 1 saturated carbocycles. The van der Waals surface area contributed by atoms with E-state index < -0.39 is 0 Å². The van der Waals surface area contributed by atoms with Crippen LogP contribution < -0.4 is 20.7 Å². The van der Waals surface area contributed by atoms with Crippen molar-refractivity contribution in [2.75, 3.05) is 23.8 Å². The van der Waals surface area contributed by atoms with Crippen LogP contribution in [0.4, 0.5) is 11.4 Å². The Kier molecular flexibility index (Phi) is 8.12. The van der Waals surface area contributed by atoms with E-state index in [1.165, 1.54) is 19.3 Å². The summed E-state index contributed by atoms with van der Waals surface area (Å²) in [5.74, 6) is 0.574. The standard InChI is InChI=1S/C24H31N3O3/c1-2-15-30-22-10-6-9-21(16-22)25-17-23(28)26-20-13-11-18(12-14-20)24(29)27-19-7-4-3-5-8-19/h6,9-14,16,19,25H,2-5,7-8,15,17H2,1H3,(H,26,28)(H,27,29). The van der Waals surface area contributed by atoms with Crippen molar-refractivity contribution < 1.29 is 14.3 Å². The lowest BCUT2D eigenvalue weighted by Gasteiger charge is -2.22. The zero-order chi connectivity index (χ0) is 21.2. The van der Waals surface area contributed by atoms with Crippen LogP contribution in [-0.4, -0.2) is 31.0 Å². The highest BCUT2D eigenvalue weighted by Gasteiger charge is 2.16. The number of ether oxygens (including phenoxy) is 1. The second kappa shape index (κ2) is 11.2. The van der Waals surface area contributed by atoms with Gasteiger partial charge in [-0.1, -0.05) is 32.3 Å². The summed E-state index contributed by atoms with van der Waals surface area (Å²) in [6.07, 6.45) is 6.68. The van der Waals surface area contributed by atoms with Crippen LogP contribution in [0.5, 0.6) is 5.75 Å². The smallest absolute Gasteiger partial charge is 0.251 e. The van der Waals surface area contributed by atoms with E-state index in [1.807, 2.05) is 24.3 Å². The fourth-order valence-electron chi connectivity index (χ4n) is 3.52. The largest absolute Gasteiger partial charge is 0.494 e. The maximum absolute atomic E-state index is 12.4. The first-order valence-corrected chi connectivity index (χ1v) is 10.8. The van der Waals surface area contributed by atoms with E-state index in [1.54, 1.807) is 24.3 Å². The lowest BCUT2D eigenvalue weighted by molar-refractivity contribution is -0.114. The lowest BCUT2D eigenvalue weighted by Crippen LogP contribution is -2.36. The van der Waals surface area contributed by atoms with Crippen LogP contribution in [0.25, 0.3) is 0 Å². The van der Waals surface area contributed by atoms with Gasteiger partial charge in [0, 0.05) is 29.0 Å². The predicted octanol–water partition coefficient (Wildman–Crippen LogP) is 4.59. The first-order valence-electron chi connectivity index (χ1n) is 10.8. The molecule has 0 saturated heterocycles. The number of hydrogen-bond donors (Lipinski definition) is 3. The van der Waals surface area contributed by atoms with Crippen LogP contribution >= 0.6 is 0 Å². The molecule has 2 aromatic rings. The molecular formula is C24H31N3O3. The SMILES string of the molecule is CCCOc1cccc(NCC(=O)Nc2ccc(C(=O)NC3CCCCC3)cc2)c1. The minimum Gasteiger partial charge on any atom is -0.494 e. The van der Waals surface area contributed by atoms with Gasteiger partial charge in [-0.15, -0.1) is 0 Å². The van der Waals surface area contributed by atoms with E-state index >= 15 is 0 Å². The Morgan fingerprint density at radius 3 is 2.50 bits per heavy atom. The van der Waals surface area contributed by atoms with Crippen LogP contribution in [0.3, 0.4) is 0 Å². The van der Waals surface area contributed by atoms with Crippen LogP contribution in [-0.2, 0) is 4.79 Å². The Hall–Kier alpha value is -3.02. The minimum absolute atomic E-state index is 0.0494. The Labute approximate surface area is 178 Å². The van der Waals surface area contributed by atoms with E-state index in [9.17, 15) is 9.59 Å². The number of carbonyl (C=O) groups is 2. The second-order valence-electron chi connectivity index (χ2n) is 7.66. The summed E-state index contributed by atoms with van der Waals surface area (Å²) in [6.45, 7) is 2.86. The first kappa shape index (κ1) is 21.7. The maximum Gasteiger partial charge on any atom is 0.251 e. The Morgan fingerprint density at radius 1 is 1.00 bits per heavy atom. The maximum atomic E-state index is 12.4. The highest BCUT2D eigenvalue weighted by Crippen LogP contribution is 2.19. The van der Waals surface area contributed by atoms with Crippen LogP contribution in [0.2, 0.25) is 0 Å². The molecular weight excluding hydrogens is 378 g/mol. The third-order valence-corrected chi connectivity index (χ3v) is 5.13. The molecule has 0 aromatic heterocycles. The van der Waals surface area contributed by atoms with Gasteiger partial charge < -0.3 is 20.7 Å². The number of carbonyl (C=O) groups excluding carboxylic acids is 2. The van der Waals surface area contributed by atoms with E-state index in [0.29, 0.717) is 17.9 Å². The monoisotopic (exact) mass is 409 g/mol. The summed E-state index contributed by atoms with van der Waals surface area (Å²) >= 11 is 0. The average Bonchev–Trinajstić information content (AvgIpc) is 2.78. The predicted molar refractivity (Wildman–Crippen MR) is 120 cm³/mol. The summed E-state index contributed by atoms with van der Waals surface area (Å²) in [4.78, 5) is 24.6. The van der Waals surface area contributed by atoms with Gasteiger partial charge in [0.1, 0.15) is 5.75 Å². The van der Waals surface area contributed by atoms with E-state index in [2.05, 4.69) is 22.9 Å². The molecule has 2 aromatic carbocycles. The molecule has 0 aliphatic heterocycles. The van der Waals surface area contributed by atoms with E-state index in [0.717, 1.165) is 30.7 Å². The van der Waals surface area contributed by atoms with E-state index in [-0.39, 0.29) is 24.4 Å². The van der Waals surface area contributed by atoms with Crippen molar-refractivity contribution in [1.82, 2.24) is 5.32 Å². The Balaban J connectivity index is 1.45. The van der Waals surface area contributed by atoms with Crippen LogP contribution in [0, 0.1) is 0 Å². The molecule has 30 heavy (non-hydrogen) atoms. The van der Waals surface area contributed by atoms with Gasteiger partial charge in [-0.05, 0) is 55.7 Å². The molecule has 0 unspecified atom stereocenters. The fourth-order valence-corrected chi connectivity index (χ4v) is 3.52. The summed E-state index contributed by atoms with van der Waals surface area (Å²) in [6, 6.07) is 14.8. The zero-order valence-electron chi connectivity index (χ0n) is 17.6. The Morgan fingerprint density at radius 2 is 1.77 bits per heavy atom. The minimum atomic E-state index is -0.158. The lowest BCUT2D eigenvalue weighted by atomic mass is 9.95. The summed E-state index contributed by atoms with van der Waals surface area (Å²) in [5.41, 5.74) is 2.10. The first-order chi connectivity index (χ1) is 14.6. The molecule has 3 N–H and O–H groups in total.